The molecule has 7 heteroatoms. The van der Waals surface area contributed by atoms with Crippen molar-refractivity contribution in [2.24, 2.45) is 0 Å². The Morgan fingerprint density at radius 2 is 2.11 bits per heavy atom. The molecule has 1 aromatic heterocycles. The summed E-state index contributed by atoms with van der Waals surface area (Å²) in [5.41, 5.74) is 0.512. The average molecular weight is 384 g/mol. The molecule has 146 valence electrons. The topological polar surface area (TPSA) is 79.7 Å². The number of Topliss-reactive ketones (excluding diaryl/α,β-unsaturated/α-hetero) is 1. The van der Waals surface area contributed by atoms with E-state index in [0.717, 1.165) is 12.5 Å². The van der Waals surface area contributed by atoms with Gasteiger partial charge in [-0.05, 0) is 36.2 Å². The quantitative estimate of drug-likeness (QED) is 0.469. The summed E-state index contributed by atoms with van der Waals surface area (Å²) >= 11 is 0. The van der Waals surface area contributed by atoms with E-state index in [2.05, 4.69) is 4.98 Å². The van der Waals surface area contributed by atoms with Crippen molar-refractivity contribution in [3.05, 3.63) is 65.2 Å². The minimum absolute atomic E-state index is 0.0184. The van der Waals surface area contributed by atoms with Crippen LogP contribution in [0.4, 0.5) is 4.39 Å². The number of rotatable bonds is 6. The maximum atomic E-state index is 13.8. The molecule has 1 aromatic carbocycles. The number of hydrogen-bond donors (Lipinski definition) is 1. The molecule has 0 radical (unpaired) electrons. The number of aromatic nitrogens is 1. The number of methoxy groups -OCH3 is 1. The first-order chi connectivity index (χ1) is 13.5. The number of halogens is 1. The van der Waals surface area contributed by atoms with Gasteiger partial charge in [-0.1, -0.05) is 19.4 Å². The molecule has 1 aliphatic rings. The van der Waals surface area contributed by atoms with E-state index >= 15 is 0 Å². The van der Waals surface area contributed by atoms with Gasteiger partial charge in [0.05, 0.1) is 24.3 Å². The number of ketones is 1. The van der Waals surface area contributed by atoms with E-state index in [1.165, 1.54) is 24.1 Å². The second-order valence-electron chi connectivity index (χ2n) is 6.48. The summed E-state index contributed by atoms with van der Waals surface area (Å²) in [6.45, 7) is 2.34. The first-order valence-corrected chi connectivity index (χ1v) is 9.01. The van der Waals surface area contributed by atoms with E-state index < -0.39 is 29.3 Å². The van der Waals surface area contributed by atoms with Crippen LogP contribution in [0, 0.1) is 5.82 Å². The van der Waals surface area contributed by atoms with Crippen molar-refractivity contribution in [3.63, 3.8) is 0 Å². The van der Waals surface area contributed by atoms with Crippen LogP contribution in [-0.4, -0.2) is 40.3 Å². The highest BCUT2D eigenvalue weighted by Crippen LogP contribution is 2.40. The van der Waals surface area contributed by atoms with Gasteiger partial charge in [-0.2, -0.15) is 0 Å². The van der Waals surface area contributed by atoms with Gasteiger partial charge < -0.3 is 14.7 Å². The maximum Gasteiger partial charge on any atom is 0.295 e. The molecule has 0 bridgehead atoms. The number of carbonyl (C=O) groups is 2. The van der Waals surface area contributed by atoms with Gasteiger partial charge >= 0.3 is 0 Å². The maximum absolute atomic E-state index is 13.8. The first-order valence-electron chi connectivity index (χ1n) is 9.01. The molecule has 0 aliphatic carbocycles. The predicted molar refractivity (Wildman–Crippen MR) is 101 cm³/mol. The molecule has 1 unspecified atom stereocenters. The molecule has 0 spiro atoms. The molecule has 3 rings (SSSR count). The number of amides is 1. The number of carbonyl (C=O) groups excluding carboxylic acids is 2. The SMILES string of the molecule is CCCCN1C(=O)C(=O)/C(=C(/O)c2cc(F)ccc2OC)C1c1cccnc1. The molecule has 1 N–H and O–H groups in total. The lowest BCUT2D eigenvalue weighted by molar-refractivity contribution is -0.139. The van der Waals surface area contributed by atoms with E-state index in [1.54, 1.807) is 24.5 Å². The summed E-state index contributed by atoms with van der Waals surface area (Å²) in [5, 5.41) is 10.9. The molecule has 6 nitrogen and oxygen atoms in total. The summed E-state index contributed by atoms with van der Waals surface area (Å²) in [6, 6.07) is 6.25. The lowest BCUT2D eigenvalue weighted by Crippen LogP contribution is -2.30. The summed E-state index contributed by atoms with van der Waals surface area (Å²) in [4.78, 5) is 31.0. The standard InChI is InChI=1S/C21H21FN2O4/c1-3-4-10-24-18(13-6-5-9-23-12-13)17(20(26)21(24)27)19(25)15-11-14(22)7-8-16(15)28-2/h5-9,11-12,18,25H,3-4,10H2,1-2H3/b19-17+. The van der Waals surface area contributed by atoms with Crippen LogP contribution < -0.4 is 4.74 Å². The number of likely N-dealkylation sites (tertiary alicyclic amines) is 1. The fourth-order valence-electron chi connectivity index (χ4n) is 3.33. The van der Waals surface area contributed by atoms with Gasteiger partial charge in [-0.25, -0.2) is 4.39 Å². The molecule has 2 aromatic rings. The molecule has 1 saturated heterocycles. The average Bonchev–Trinajstić information content (AvgIpc) is 2.97. The van der Waals surface area contributed by atoms with Crippen LogP contribution in [0.1, 0.15) is 36.9 Å². The number of aliphatic hydroxyl groups is 1. The lowest BCUT2D eigenvalue weighted by Gasteiger charge is -2.25. The number of pyridine rings is 1. The van der Waals surface area contributed by atoms with Gasteiger partial charge in [0.15, 0.2) is 0 Å². The van der Waals surface area contributed by atoms with Crippen LogP contribution in [0.5, 0.6) is 5.75 Å². The highest BCUT2D eigenvalue weighted by Gasteiger charge is 2.46. The fraction of sp³-hybridized carbons (Fsp3) is 0.286. The van der Waals surface area contributed by atoms with Crippen LogP contribution in [0.2, 0.25) is 0 Å². The normalized spacial score (nSPS) is 18.5. The van der Waals surface area contributed by atoms with Crippen LogP contribution in [-0.2, 0) is 9.59 Å². The molecule has 1 aliphatic heterocycles. The minimum Gasteiger partial charge on any atom is -0.507 e. The lowest BCUT2D eigenvalue weighted by atomic mass is 9.96. The molecule has 2 heterocycles. The number of unbranched alkanes of at least 4 members (excludes halogenated alkanes) is 1. The zero-order valence-corrected chi connectivity index (χ0v) is 15.7. The Morgan fingerprint density at radius 1 is 1.32 bits per heavy atom. The number of benzene rings is 1. The second kappa shape index (κ2) is 8.21. The summed E-state index contributed by atoms with van der Waals surface area (Å²) < 4.78 is 19.0. The third-order valence-corrected chi connectivity index (χ3v) is 4.71. The predicted octanol–water partition coefficient (Wildman–Crippen LogP) is 3.45. The van der Waals surface area contributed by atoms with Crippen molar-refractivity contribution in [1.29, 1.82) is 0 Å². The van der Waals surface area contributed by atoms with E-state index in [9.17, 15) is 19.1 Å². The van der Waals surface area contributed by atoms with Gasteiger partial charge in [-0.15, -0.1) is 0 Å². The minimum atomic E-state index is -0.811. The molecule has 0 saturated carbocycles. The molecule has 1 amide bonds. The van der Waals surface area contributed by atoms with Crippen LogP contribution in [0.25, 0.3) is 5.76 Å². The number of hydrogen-bond acceptors (Lipinski definition) is 5. The third-order valence-electron chi connectivity index (χ3n) is 4.71. The van der Waals surface area contributed by atoms with E-state index in [0.29, 0.717) is 18.5 Å². The largest absolute Gasteiger partial charge is 0.507 e. The van der Waals surface area contributed by atoms with E-state index in [-0.39, 0.29) is 16.9 Å². The van der Waals surface area contributed by atoms with Crippen molar-refractivity contribution >= 4 is 17.4 Å². The number of ether oxygens (including phenoxy) is 1. The number of nitrogens with zero attached hydrogens (tertiary/aromatic N) is 2. The number of aliphatic hydroxyl groups excluding tert-OH is 1. The van der Waals surface area contributed by atoms with E-state index in [4.69, 9.17) is 4.74 Å². The molecule has 1 fully saturated rings. The highest BCUT2D eigenvalue weighted by molar-refractivity contribution is 6.46. The van der Waals surface area contributed by atoms with Gasteiger partial charge in [0.1, 0.15) is 17.3 Å². The Balaban J connectivity index is 2.21. The molecular formula is C21H21FN2O4. The van der Waals surface area contributed by atoms with Crippen molar-refractivity contribution in [1.82, 2.24) is 9.88 Å². The zero-order chi connectivity index (χ0) is 20.3. The Kier molecular flexibility index (Phi) is 5.73. The smallest absolute Gasteiger partial charge is 0.295 e. The summed E-state index contributed by atoms with van der Waals surface area (Å²) in [7, 11) is 1.38. The molecule has 1 atom stereocenters. The second-order valence-corrected chi connectivity index (χ2v) is 6.48. The van der Waals surface area contributed by atoms with Crippen molar-refractivity contribution in [2.45, 2.75) is 25.8 Å². The van der Waals surface area contributed by atoms with Crippen LogP contribution >= 0.6 is 0 Å². The molecule has 28 heavy (non-hydrogen) atoms. The monoisotopic (exact) mass is 384 g/mol. The Labute approximate surface area is 162 Å². The van der Waals surface area contributed by atoms with Crippen molar-refractivity contribution in [2.75, 3.05) is 13.7 Å². The third kappa shape index (κ3) is 3.47. The first kappa shape index (κ1) is 19.5. The van der Waals surface area contributed by atoms with E-state index in [1.807, 2.05) is 6.92 Å². The van der Waals surface area contributed by atoms with Crippen LogP contribution in [0.15, 0.2) is 48.3 Å². The Bertz CT molecular complexity index is 927. The van der Waals surface area contributed by atoms with Crippen molar-refractivity contribution in [3.8, 4) is 5.75 Å². The van der Waals surface area contributed by atoms with Crippen LogP contribution in [0.3, 0.4) is 0 Å². The summed E-state index contributed by atoms with van der Waals surface area (Å²) in [5.74, 6) is -2.38. The Morgan fingerprint density at radius 3 is 2.75 bits per heavy atom. The fourth-order valence-corrected chi connectivity index (χ4v) is 3.33. The van der Waals surface area contributed by atoms with Gasteiger partial charge in [0, 0.05) is 18.9 Å². The van der Waals surface area contributed by atoms with Gasteiger partial charge in [0.2, 0.25) is 0 Å². The zero-order valence-electron chi connectivity index (χ0n) is 15.7. The Hall–Kier alpha value is -3.22. The van der Waals surface area contributed by atoms with Gasteiger partial charge in [-0.3, -0.25) is 14.6 Å². The summed E-state index contributed by atoms with van der Waals surface area (Å²) in [6.07, 6.45) is 4.66. The van der Waals surface area contributed by atoms with Gasteiger partial charge in [0.25, 0.3) is 11.7 Å². The molecular weight excluding hydrogens is 363 g/mol. The van der Waals surface area contributed by atoms with Crippen molar-refractivity contribution < 1.29 is 23.8 Å². The highest BCUT2D eigenvalue weighted by atomic mass is 19.1.